The Balaban J connectivity index is 1.85. The Hall–Kier alpha value is -2.15. The zero-order valence-electron chi connectivity index (χ0n) is 17.7. The lowest BCUT2D eigenvalue weighted by Crippen LogP contribution is -2.60. The summed E-state index contributed by atoms with van der Waals surface area (Å²) in [4.78, 5) is 14.4. The second kappa shape index (κ2) is 8.92. The lowest BCUT2D eigenvalue weighted by molar-refractivity contribution is -0.0507. The number of fused-ring (bicyclic) bond motifs is 2. The van der Waals surface area contributed by atoms with Crippen molar-refractivity contribution in [3.8, 4) is 5.75 Å². The van der Waals surface area contributed by atoms with E-state index in [1.165, 1.54) is 0 Å². The van der Waals surface area contributed by atoms with E-state index < -0.39 is 29.8 Å². The van der Waals surface area contributed by atoms with Crippen LogP contribution in [0.5, 0.6) is 5.75 Å². The molecule has 2 aliphatic heterocycles. The molecule has 0 radical (unpaired) electrons. The van der Waals surface area contributed by atoms with Crippen LogP contribution in [0.1, 0.15) is 52.1 Å². The second-order valence-corrected chi connectivity index (χ2v) is 9.22. The Labute approximate surface area is 182 Å². The van der Waals surface area contributed by atoms with Gasteiger partial charge in [0.05, 0.1) is 6.04 Å². The monoisotopic (exact) mass is 437 g/mol. The van der Waals surface area contributed by atoms with Crippen molar-refractivity contribution in [3.63, 3.8) is 0 Å². The molecular formula is C22H29ClFN3O3. The smallest absolute Gasteiger partial charge is 0.410 e. The molecule has 3 rings (SSSR count). The lowest BCUT2D eigenvalue weighted by Gasteiger charge is -2.50. The lowest BCUT2D eigenvalue weighted by atomic mass is 9.74. The Morgan fingerprint density at radius 1 is 1.40 bits per heavy atom. The van der Waals surface area contributed by atoms with Gasteiger partial charge in [0.15, 0.2) is 10.9 Å². The first-order valence-electron chi connectivity index (χ1n) is 10.2. The molecule has 0 aromatic carbocycles. The number of hydrogen-bond acceptors (Lipinski definition) is 5. The Bertz CT molecular complexity index is 826. The molecule has 0 saturated carbocycles. The van der Waals surface area contributed by atoms with Gasteiger partial charge in [0.2, 0.25) is 0 Å². The SMILES string of the molecule is C=CCOc1cc(Cl)nnc1C(=C)[C@@H]1C[C@H]2CCC[C@@H]([C@@H]1F)N2C(=O)OC(C)(C)C. The molecule has 2 aliphatic rings. The van der Waals surface area contributed by atoms with Gasteiger partial charge in [0.25, 0.3) is 0 Å². The standard InChI is InChI=1S/C22H29ClFN3O3/c1-6-10-29-17-12-18(23)25-26-20(17)13(2)15-11-14-8-7-9-16(19(15)24)27(14)21(28)30-22(3,4)5/h6,12,14-16,19H,1-2,7-11H2,3-5H3/t14-,15+,16+,19-/m1/s1. The van der Waals surface area contributed by atoms with E-state index in [9.17, 15) is 4.79 Å². The van der Waals surface area contributed by atoms with E-state index in [1.54, 1.807) is 17.0 Å². The summed E-state index contributed by atoms with van der Waals surface area (Å²) in [5.41, 5.74) is 0.262. The zero-order chi connectivity index (χ0) is 22.1. The van der Waals surface area contributed by atoms with Gasteiger partial charge in [-0.2, -0.15) is 0 Å². The van der Waals surface area contributed by atoms with E-state index in [1.807, 2.05) is 20.8 Å². The Kier molecular flexibility index (Phi) is 6.70. The van der Waals surface area contributed by atoms with E-state index in [-0.39, 0.29) is 17.8 Å². The number of aromatic nitrogens is 2. The number of alkyl halides is 1. The van der Waals surface area contributed by atoms with E-state index in [0.717, 1.165) is 12.8 Å². The minimum absolute atomic E-state index is 0.106. The molecule has 0 N–H and O–H groups in total. The van der Waals surface area contributed by atoms with Gasteiger partial charge in [-0.05, 0) is 52.0 Å². The highest BCUT2D eigenvalue weighted by molar-refractivity contribution is 6.29. The summed E-state index contributed by atoms with van der Waals surface area (Å²) < 4.78 is 26.9. The van der Waals surface area contributed by atoms with Gasteiger partial charge in [-0.25, -0.2) is 9.18 Å². The van der Waals surface area contributed by atoms with Crippen LogP contribution in [0.25, 0.3) is 5.57 Å². The van der Waals surface area contributed by atoms with Gasteiger partial charge in [-0.15, -0.1) is 10.2 Å². The summed E-state index contributed by atoms with van der Waals surface area (Å²) in [5, 5.41) is 8.19. The van der Waals surface area contributed by atoms with Crippen molar-refractivity contribution in [3.05, 3.63) is 36.1 Å². The molecule has 1 amide bonds. The first kappa shape index (κ1) is 22.5. The molecule has 1 aromatic heterocycles. The molecule has 4 atom stereocenters. The molecule has 2 fully saturated rings. The normalized spacial score (nSPS) is 26.1. The minimum atomic E-state index is -1.29. The van der Waals surface area contributed by atoms with Crippen LogP contribution < -0.4 is 4.74 Å². The molecule has 1 aromatic rings. The van der Waals surface area contributed by atoms with Gasteiger partial charge in [-0.3, -0.25) is 4.90 Å². The first-order valence-corrected chi connectivity index (χ1v) is 10.6. The van der Waals surface area contributed by atoms with E-state index in [4.69, 9.17) is 21.1 Å². The average Bonchev–Trinajstić information content (AvgIpc) is 2.67. The Morgan fingerprint density at radius 3 is 2.80 bits per heavy atom. The van der Waals surface area contributed by atoms with Gasteiger partial charge in [0, 0.05) is 18.0 Å². The van der Waals surface area contributed by atoms with Gasteiger partial charge in [0.1, 0.15) is 24.1 Å². The fourth-order valence-corrected chi connectivity index (χ4v) is 4.43. The predicted molar refractivity (Wildman–Crippen MR) is 114 cm³/mol. The fraction of sp³-hybridized carbons (Fsp3) is 0.591. The van der Waals surface area contributed by atoms with Crippen LogP contribution >= 0.6 is 11.6 Å². The molecule has 3 heterocycles. The van der Waals surface area contributed by atoms with Crippen LogP contribution in [0, 0.1) is 5.92 Å². The maximum absolute atomic E-state index is 15.7. The van der Waals surface area contributed by atoms with Crippen molar-refractivity contribution in [2.45, 2.75) is 70.3 Å². The molecule has 8 heteroatoms. The number of halogens is 2. The second-order valence-electron chi connectivity index (χ2n) is 8.83. The summed E-state index contributed by atoms with van der Waals surface area (Å²) in [5.74, 6) is -0.104. The third-order valence-corrected chi connectivity index (χ3v) is 5.69. The van der Waals surface area contributed by atoms with Gasteiger partial charge < -0.3 is 9.47 Å². The molecule has 0 unspecified atom stereocenters. The third-order valence-electron chi connectivity index (χ3n) is 5.51. The molecule has 2 saturated heterocycles. The van der Waals surface area contributed by atoms with E-state index >= 15 is 4.39 Å². The average molecular weight is 438 g/mol. The third kappa shape index (κ3) is 4.77. The highest BCUT2D eigenvalue weighted by atomic mass is 35.5. The number of rotatable bonds is 5. The van der Waals surface area contributed by atoms with Crippen molar-refractivity contribution >= 4 is 23.3 Å². The number of nitrogens with zero attached hydrogens (tertiary/aromatic N) is 3. The van der Waals surface area contributed by atoms with Crippen LogP contribution in [-0.4, -0.2) is 51.7 Å². The van der Waals surface area contributed by atoms with Crippen molar-refractivity contribution in [2.24, 2.45) is 5.92 Å². The summed E-state index contributed by atoms with van der Waals surface area (Å²) in [6, 6.07) is 0.889. The summed E-state index contributed by atoms with van der Waals surface area (Å²) in [7, 11) is 0. The van der Waals surface area contributed by atoms with Crippen LogP contribution in [0.3, 0.4) is 0 Å². The minimum Gasteiger partial charge on any atom is -0.487 e. The summed E-state index contributed by atoms with van der Waals surface area (Å²) in [6.07, 6.45) is 2.58. The van der Waals surface area contributed by atoms with Gasteiger partial charge in [-0.1, -0.05) is 30.8 Å². The number of hydrogen-bond donors (Lipinski definition) is 0. The maximum atomic E-state index is 15.7. The largest absolute Gasteiger partial charge is 0.487 e. The maximum Gasteiger partial charge on any atom is 0.410 e. The summed E-state index contributed by atoms with van der Waals surface area (Å²) in [6.45, 7) is 13.5. The topological polar surface area (TPSA) is 64.6 Å². The molecule has 2 bridgehead atoms. The number of piperidine rings is 2. The van der Waals surface area contributed by atoms with E-state index in [0.29, 0.717) is 29.9 Å². The summed E-state index contributed by atoms with van der Waals surface area (Å²) >= 11 is 5.96. The van der Waals surface area contributed by atoms with Crippen LogP contribution in [0.4, 0.5) is 9.18 Å². The van der Waals surface area contributed by atoms with Crippen LogP contribution in [0.15, 0.2) is 25.3 Å². The molecule has 0 aliphatic carbocycles. The highest BCUT2D eigenvalue weighted by Gasteiger charge is 2.49. The van der Waals surface area contributed by atoms with Crippen molar-refractivity contribution in [2.75, 3.05) is 6.61 Å². The number of ether oxygens (including phenoxy) is 2. The quantitative estimate of drug-likeness (QED) is 0.590. The number of amides is 1. The molecular weight excluding hydrogens is 409 g/mol. The Morgan fingerprint density at radius 2 is 2.13 bits per heavy atom. The zero-order valence-corrected chi connectivity index (χ0v) is 18.5. The highest BCUT2D eigenvalue weighted by Crippen LogP contribution is 2.45. The van der Waals surface area contributed by atoms with Crippen LogP contribution in [0.2, 0.25) is 5.15 Å². The number of carbonyl (C=O) groups excluding carboxylic acids is 1. The number of allylic oxidation sites excluding steroid dienone is 1. The van der Waals surface area contributed by atoms with Crippen molar-refractivity contribution in [1.29, 1.82) is 0 Å². The molecule has 0 spiro atoms. The van der Waals surface area contributed by atoms with Crippen molar-refractivity contribution < 1.29 is 18.7 Å². The van der Waals surface area contributed by atoms with E-state index in [2.05, 4.69) is 23.4 Å². The van der Waals surface area contributed by atoms with Crippen LogP contribution in [-0.2, 0) is 4.74 Å². The number of carbonyl (C=O) groups is 1. The fourth-order valence-electron chi connectivity index (χ4n) is 4.29. The molecule has 164 valence electrons. The molecule has 30 heavy (non-hydrogen) atoms. The molecule has 6 nitrogen and oxygen atoms in total. The van der Waals surface area contributed by atoms with Crippen molar-refractivity contribution in [1.82, 2.24) is 15.1 Å². The predicted octanol–water partition coefficient (Wildman–Crippen LogP) is 5.22. The first-order chi connectivity index (χ1) is 14.1. The van der Waals surface area contributed by atoms with Gasteiger partial charge >= 0.3 is 6.09 Å².